The maximum absolute atomic E-state index is 13.9. The summed E-state index contributed by atoms with van der Waals surface area (Å²) >= 11 is 6.42. The number of aromatic nitrogens is 3. The third-order valence-electron chi connectivity index (χ3n) is 16.4. The first-order valence-electron chi connectivity index (χ1n) is 27.5. The summed E-state index contributed by atoms with van der Waals surface area (Å²) in [5.41, 5.74) is 8.30. The average molecular weight is 1130 g/mol. The van der Waals surface area contributed by atoms with Crippen LogP contribution in [0.3, 0.4) is 0 Å². The van der Waals surface area contributed by atoms with Crippen LogP contribution in [0.15, 0.2) is 78.9 Å². The van der Waals surface area contributed by atoms with Gasteiger partial charge in [-0.3, -0.25) is 48.0 Å². The van der Waals surface area contributed by atoms with Gasteiger partial charge in [0, 0.05) is 94.0 Å². The normalized spacial score (nSPS) is 21.2. The highest BCUT2D eigenvalue weighted by Gasteiger charge is 2.59. The Morgan fingerprint density at radius 1 is 0.731 bits per heavy atom. The molecule has 3 atom stereocenters. The van der Waals surface area contributed by atoms with E-state index in [1.165, 1.54) is 6.42 Å². The van der Waals surface area contributed by atoms with Crippen LogP contribution in [-0.2, 0) is 33.6 Å². The van der Waals surface area contributed by atoms with E-state index in [1.54, 1.807) is 9.80 Å². The molecule has 3 fully saturated rings. The quantitative estimate of drug-likeness (QED) is 0.0280. The summed E-state index contributed by atoms with van der Waals surface area (Å²) in [7, 11) is -8.82. The molecule has 0 spiro atoms. The van der Waals surface area contributed by atoms with Crippen molar-refractivity contribution < 1.29 is 38.3 Å². The summed E-state index contributed by atoms with van der Waals surface area (Å²) in [5, 5.41) is 16.6. The predicted molar refractivity (Wildman–Crippen MR) is 307 cm³/mol. The van der Waals surface area contributed by atoms with Crippen molar-refractivity contribution in [2.45, 2.75) is 98.8 Å². The molecule has 8 rings (SSSR count). The number of pyridine rings is 1. The number of hydrogen-bond acceptors (Lipinski definition) is 11. The average Bonchev–Trinajstić information content (AvgIpc) is 4.25. The first-order chi connectivity index (χ1) is 37.0. The summed E-state index contributed by atoms with van der Waals surface area (Å²) in [6.45, 7) is 16.6. The molecule has 18 nitrogen and oxygen atoms in total. The molecule has 1 aliphatic heterocycles. The molecule has 2 aromatic heterocycles. The molecule has 1 saturated heterocycles. The van der Waals surface area contributed by atoms with Gasteiger partial charge in [-0.05, 0) is 122 Å². The predicted octanol–water partition coefficient (Wildman–Crippen LogP) is 7.43. The molecule has 424 valence electrons. The summed E-state index contributed by atoms with van der Waals surface area (Å²) in [6, 6.07) is 26.4. The second kappa shape index (κ2) is 26.0. The summed E-state index contributed by atoms with van der Waals surface area (Å²) < 4.78 is 26.5. The number of aryl methyl sites for hydroxylation is 2. The van der Waals surface area contributed by atoms with E-state index in [0.29, 0.717) is 82.1 Å². The number of halogens is 1. The highest BCUT2D eigenvalue weighted by atomic mass is 35.5. The minimum atomic E-state index is -4.41. The zero-order valence-electron chi connectivity index (χ0n) is 46.0. The first kappa shape index (κ1) is 59.7. The van der Waals surface area contributed by atoms with E-state index in [0.717, 1.165) is 88.8 Å². The second-order valence-corrected chi connectivity index (χ2v) is 26.8. The van der Waals surface area contributed by atoms with Gasteiger partial charge in [0.2, 0.25) is 5.91 Å². The van der Waals surface area contributed by atoms with Crippen molar-refractivity contribution in [3.8, 4) is 11.3 Å². The van der Waals surface area contributed by atoms with E-state index < -0.39 is 27.8 Å². The number of nitrogens with one attached hydrogen (secondary N) is 3. The van der Waals surface area contributed by atoms with Crippen LogP contribution in [0.1, 0.15) is 97.7 Å². The van der Waals surface area contributed by atoms with Crippen molar-refractivity contribution in [1.29, 1.82) is 0 Å². The van der Waals surface area contributed by atoms with Crippen molar-refractivity contribution in [3.05, 3.63) is 118 Å². The van der Waals surface area contributed by atoms with Gasteiger partial charge in [-0.15, -0.1) is 0 Å². The van der Waals surface area contributed by atoms with Crippen molar-refractivity contribution in [1.82, 2.24) is 50.3 Å². The topological polar surface area (TPSA) is 229 Å². The van der Waals surface area contributed by atoms with E-state index in [-0.39, 0.29) is 48.3 Å². The lowest BCUT2D eigenvalue weighted by Gasteiger charge is -2.42. The molecule has 21 heteroatoms. The first-order valence-corrected chi connectivity index (χ1v) is 31.5. The molecule has 78 heavy (non-hydrogen) atoms. The third-order valence-corrected chi connectivity index (χ3v) is 18.4. The third kappa shape index (κ3) is 16.6. The highest BCUT2D eigenvalue weighted by molar-refractivity contribution is 7.51. The van der Waals surface area contributed by atoms with Crippen LogP contribution in [0.25, 0.3) is 22.2 Å². The summed E-state index contributed by atoms with van der Waals surface area (Å²) in [5.74, 6) is 0.288. The molecule has 2 amide bonds. The van der Waals surface area contributed by atoms with Crippen LogP contribution >= 0.6 is 26.8 Å². The van der Waals surface area contributed by atoms with Gasteiger partial charge in [0.1, 0.15) is 12.6 Å². The maximum Gasteiger partial charge on any atom is 0.339 e. The summed E-state index contributed by atoms with van der Waals surface area (Å²) in [4.78, 5) is 79.6. The lowest BCUT2D eigenvalue weighted by Crippen LogP contribution is -2.52. The fourth-order valence-corrected chi connectivity index (χ4v) is 13.8. The van der Waals surface area contributed by atoms with E-state index in [2.05, 4.69) is 72.0 Å². The maximum atomic E-state index is 13.9. The second-order valence-electron chi connectivity index (χ2n) is 23.2. The van der Waals surface area contributed by atoms with Crippen LogP contribution in [0.2, 0.25) is 5.02 Å². The number of rotatable bonds is 21. The van der Waals surface area contributed by atoms with Gasteiger partial charge in [0.15, 0.2) is 5.69 Å². The van der Waals surface area contributed by atoms with Gasteiger partial charge in [0.05, 0.1) is 30.0 Å². The number of unbranched alkanes of at least 4 members (excludes halogenated alkanes) is 2. The lowest BCUT2D eigenvalue weighted by molar-refractivity contribution is -0.122. The Hall–Kier alpha value is -4.39. The minimum absolute atomic E-state index is 0.0255. The van der Waals surface area contributed by atoms with Crippen molar-refractivity contribution in [3.63, 3.8) is 0 Å². The number of benzene rings is 3. The highest BCUT2D eigenvalue weighted by Crippen LogP contribution is 2.62. The molecular formula is C57H81ClN10O8P2. The Morgan fingerprint density at radius 2 is 1.37 bits per heavy atom. The lowest BCUT2D eigenvalue weighted by atomic mass is 9.68. The van der Waals surface area contributed by atoms with Gasteiger partial charge in [0.25, 0.3) is 5.91 Å². The van der Waals surface area contributed by atoms with Gasteiger partial charge in [-0.2, -0.15) is 5.10 Å². The standard InChI is InChI=1S/C57H81ClN10O8P2/c1-41-9-18-50-45(31-41)14-16-48(61-50)37-64-23-27-66(39-77(71,72)73)29-25-65(26-30-67(28-24-64)40-78(74,75)76)38-53(69)60-22-8-6-7-21-59-35-43-10-12-44(13-11-43)36-68-52(46-15-17-49(58)42(2)32-46)33-51(63-68)54(70)62-55-56(3,4)47-19-20-57(55,5)34-47/h9-18,31-33,47,55,59H,6-8,19-30,34-40H2,1-5H3,(H,60,69)(H,62,70)(H2,71,72,73)(H2,74,75,76). The zero-order valence-corrected chi connectivity index (χ0v) is 48.6. The van der Waals surface area contributed by atoms with Crippen molar-refractivity contribution >= 4 is 49.5 Å². The van der Waals surface area contributed by atoms with Crippen LogP contribution in [0.4, 0.5) is 0 Å². The monoisotopic (exact) mass is 1130 g/mol. The Balaban J connectivity index is 0.785. The molecule has 2 aliphatic carbocycles. The number of carbonyl (C=O) groups is 2. The minimum Gasteiger partial charge on any atom is -0.355 e. The van der Waals surface area contributed by atoms with E-state index in [9.17, 15) is 38.3 Å². The van der Waals surface area contributed by atoms with Gasteiger partial charge in [-0.1, -0.05) is 86.8 Å². The van der Waals surface area contributed by atoms with Crippen LogP contribution < -0.4 is 16.0 Å². The molecule has 5 aromatic rings. The fraction of sp³-hybridized carbons (Fsp3) is 0.544. The number of nitrogens with zero attached hydrogens (tertiary/aromatic N) is 7. The van der Waals surface area contributed by atoms with E-state index in [1.807, 2.05) is 72.0 Å². The summed E-state index contributed by atoms with van der Waals surface area (Å²) in [6.07, 6.45) is 5.24. The Kier molecular flexibility index (Phi) is 19.9. The molecule has 2 bridgehead atoms. The Labute approximate surface area is 465 Å². The smallest absolute Gasteiger partial charge is 0.339 e. The Bertz CT molecular complexity index is 2920. The molecule has 7 N–H and O–H groups in total. The zero-order chi connectivity index (χ0) is 55.8. The molecule has 3 aliphatic rings. The number of amides is 2. The van der Waals surface area contributed by atoms with Crippen LogP contribution in [0, 0.1) is 30.6 Å². The largest absolute Gasteiger partial charge is 0.355 e. The number of fused-ring (bicyclic) bond motifs is 3. The van der Waals surface area contributed by atoms with Gasteiger partial charge < -0.3 is 35.5 Å². The van der Waals surface area contributed by atoms with Gasteiger partial charge >= 0.3 is 15.2 Å². The van der Waals surface area contributed by atoms with E-state index in [4.69, 9.17) is 21.7 Å². The van der Waals surface area contributed by atoms with Gasteiger partial charge in [-0.25, -0.2) is 0 Å². The molecule has 3 unspecified atom stereocenters. The molecular weight excluding hydrogens is 1050 g/mol. The molecule has 3 aromatic carbocycles. The number of carbonyl (C=O) groups excluding carboxylic acids is 2. The SMILES string of the molecule is Cc1ccc2nc(CN3CCN(CP(=O)(O)O)CCN(CC(=O)NCCCCCNCc4ccc(Cn5nc(C(=O)NC6C7(C)CCC(C7)C6(C)C)cc5-c5ccc(Cl)c(C)c5)cc4)CCN(CP(=O)(O)O)CC3)ccc2c1. The molecule has 0 radical (unpaired) electrons. The molecule has 2 saturated carbocycles. The Morgan fingerprint density at radius 3 is 2.01 bits per heavy atom. The van der Waals surface area contributed by atoms with Crippen molar-refractivity contribution in [2.24, 2.45) is 16.7 Å². The van der Waals surface area contributed by atoms with Crippen LogP contribution in [0.5, 0.6) is 0 Å². The van der Waals surface area contributed by atoms with E-state index >= 15 is 0 Å². The van der Waals surface area contributed by atoms with Crippen molar-refractivity contribution in [2.75, 3.05) is 84.6 Å². The van der Waals surface area contributed by atoms with Crippen LogP contribution in [-0.4, -0.2) is 156 Å². The fourth-order valence-electron chi connectivity index (χ4n) is 12.1. The molecule has 3 heterocycles. The number of hydrogen-bond donors (Lipinski definition) is 7.